The summed E-state index contributed by atoms with van der Waals surface area (Å²) in [6.45, 7) is 3.92. The van der Waals surface area contributed by atoms with Gasteiger partial charge in [-0.25, -0.2) is 4.98 Å². The van der Waals surface area contributed by atoms with Gasteiger partial charge in [-0.1, -0.05) is 23.7 Å². The lowest BCUT2D eigenvalue weighted by atomic mass is 10.2. The zero-order chi connectivity index (χ0) is 12.4. The Bertz CT molecular complexity index is 552. The number of rotatable bonds is 2. The highest BCUT2D eigenvalue weighted by Crippen LogP contribution is 2.28. The number of nitrogens with one attached hydrogen (secondary N) is 1. The second kappa shape index (κ2) is 4.63. The van der Waals surface area contributed by atoms with Crippen LogP contribution in [0, 0.1) is 13.8 Å². The molecule has 3 N–H and O–H groups in total. The summed E-state index contributed by atoms with van der Waals surface area (Å²) in [5.74, 6) is 0.770. The van der Waals surface area contributed by atoms with Crippen molar-refractivity contribution < 1.29 is 0 Å². The number of nitrogen functional groups attached to an aromatic ring is 1. The van der Waals surface area contributed by atoms with Crippen molar-refractivity contribution in [1.82, 2.24) is 4.98 Å². The van der Waals surface area contributed by atoms with Crippen molar-refractivity contribution >= 4 is 28.8 Å². The zero-order valence-corrected chi connectivity index (χ0v) is 10.5. The summed E-state index contributed by atoms with van der Waals surface area (Å²) < 4.78 is 0. The van der Waals surface area contributed by atoms with Gasteiger partial charge in [-0.05, 0) is 37.1 Å². The van der Waals surface area contributed by atoms with Crippen LogP contribution in [0.1, 0.15) is 11.1 Å². The monoisotopic (exact) mass is 247 g/mol. The first kappa shape index (κ1) is 11.7. The number of nitrogens with zero attached hydrogens (tertiary/aromatic N) is 1. The molecule has 2 rings (SSSR count). The molecule has 0 bridgehead atoms. The van der Waals surface area contributed by atoms with E-state index in [1.54, 1.807) is 6.20 Å². The van der Waals surface area contributed by atoms with Gasteiger partial charge in [-0.2, -0.15) is 0 Å². The van der Waals surface area contributed by atoms with Crippen LogP contribution in [0.4, 0.5) is 17.2 Å². The quantitative estimate of drug-likeness (QED) is 0.851. The van der Waals surface area contributed by atoms with E-state index in [9.17, 15) is 0 Å². The lowest BCUT2D eigenvalue weighted by Gasteiger charge is -2.11. The fourth-order valence-corrected chi connectivity index (χ4v) is 1.77. The van der Waals surface area contributed by atoms with E-state index in [4.69, 9.17) is 17.3 Å². The summed E-state index contributed by atoms with van der Waals surface area (Å²) >= 11 is 6.21. The molecule has 0 aliphatic carbocycles. The molecule has 0 fully saturated rings. The molecule has 0 atom stereocenters. The topological polar surface area (TPSA) is 50.9 Å². The standard InChI is InChI=1S/C13H14ClN3/c1-8-4-3-5-11(12(8)14)17-13-9(2)6-10(15)7-16-13/h3-7H,15H2,1-2H3,(H,16,17). The van der Waals surface area contributed by atoms with Crippen molar-refractivity contribution in [2.75, 3.05) is 11.1 Å². The minimum absolute atomic E-state index is 0.656. The van der Waals surface area contributed by atoms with Crippen LogP contribution in [0.3, 0.4) is 0 Å². The summed E-state index contributed by atoms with van der Waals surface area (Å²) in [4.78, 5) is 4.25. The molecule has 0 aliphatic rings. The molecule has 0 unspecified atom stereocenters. The maximum absolute atomic E-state index is 6.21. The molecule has 17 heavy (non-hydrogen) atoms. The molecular formula is C13H14ClN3. The first-order valence-electron chi connectivity index (χ1n) is 5.32. The van der Waals surface area contributed by atoms with Gasteiger partial charge >= 0.3 is 0 Å². The van der Waals surface area contributed by atoms with Crippen molar-refractivity contribution in [3.8, 4) is 0 Å². The van der Waals surface area contributed by atoms with Crippen LogP contribution in [-0.2, 0) is 0 Å². The third kappa shape index (κ3) is 2.50. The van der Waals surface area contributed by atoms with E-state index in [-0.39, 0.29) is 0 Å². The van der Waals surface area contributed by atoms with Crippen molar-refractivity contribution in [1.29, 1.82) is 0 Å². The number of hydrogen-bond donors (Lipinski definition) is 2. The van der Waals surface area contributed by atoms with Crippen molar-refractivity contribution in [3.05, 3.63) is 46.6 Å². The number of anilines is 3. The Morgan fingerprint density at radius 3 is 2.71 bits per heavy atom. The molecule has 0 saturated carbocycles. The van der Waals surface area contributed by atoms with Crippen molar-refractivity contribution in [2.24, 2.45) is 0 Å². The third-order valence-corrected chi connectivity index (χ3v) is 3.05. The van der Waals surface area contributed by atoms with Crippen LogP contribution in [-0.4, -0.2) is 4.98 Å². The second-order valence-corrected chi connectivity index (χ2v) is 4.37. The molecule has 3 nitrogen and oxygen atoms in total. The number of hydrogen-bond acceptors (Lipinski definition) is 3. The smallest absolute Gasteiger partial charge is 0.133 e. The van der Waals surface area contributed by atoms with Crippen LogP contribution in [0.5, 0.6) is 0 Å². The van der Waals surface area contributed by atoms with Crippen molar-refractivity contribution in [3.63, 3.8) is 0 Å². The highest BCUT2D eigenvalue weighted by Gasteiger charge is 2.05. The second-order valence-electron chi connectivity index (χ2n) is 4.00. The Hall–Kier alpha value is -1.74. The fraction of sp³-hybridized carbons (Fsp3) is 0.154. The van der Waals surface area contributed by atoms with Gasteiger partial charge < -0.3 is 11.1 Å². The minimum atomic E-state index is 0.656. The highest BCUT2D eigenvalue weighted by atomic mass is 35.5. The average Bonchev–Trinajstić information content (AvgIpc) is 2.28. The zero-order valence-electron chi connectivity index (χ0n) is 9.79. The molecule has 0 amide bonds. The van der Waals surface area contributed by atoms with E-state index in [1.807, 2.05) is 38.1 Å². The molecule has 1 aromatic heterocycles. The average molecular weight is 248 g/mol. The number of benzene rings is 1. The van der Waals surface area contributed by atoms with Crippen LogP contribution in [0.2, 0.25) is 5.02 Å². The Labute approximate surface area is 106 Å². The summed E-state index contributed by atoms with van der Waals surface area (Å²) in [5, 5.41) is 3.92. The Morgan fingerprint density at radius 1 is 1.24 bits per heavy atom. The molecule has 1 heterocycles. The van der Waals surface area contributed by atoms with Gasteiger partial charge in [-0.3, -0.25) is 0 Å². The van der Waals surface area contributed by atoms with Gasteiger partial charge in [-0.15, -0.1) is 0 Å². The van der Waals surface area contributed by atoms with Gasteiger partial charge in [0, 0.05) is 0 Å². The normalized spacial score (nSPS) is 10.3. The number of aryl methyl sites for hydroxylation is 2. The number of nitrogens with two attached hydrogens (primary N) is 1. The highest BCUT2D eigenvalue weighted by molar-refractivity contribution is 6.34. The largest absolute Gasteiger partial charge is 0.397 e. The summed E-state index contributed by atoms with van der Waals surface area (Å²) in [6.07, 6.45) is 1.62. The minimum Gasteiger partial charge on any atom is -0.397 e. The van der Waals surface area contributed by atoms with E-state index in [0.717, 1.165) is 22.6 Å². The van der Waals surface area contributed by atoms with Gasteiger partial charge in [0.25, 0.3) is 0 Å². The first-order valence-corrected chi connectivity index (χ1v) is 5.70. The molecule has 2 aromatic rings. The molecule has 0 aliphatic heterocycles. The molecule has 0 spiro atoms. The molecule has 1 aromatic carbocycles. The van der Waals surface area contributed by atoms with Crippen LogP contribution in [0.15, 0.2) is 30.5 Å². The van der Waals surface area contributed by atoms with Crippen LogP contribution < -0.4 is 11.1 Å². The SMILES string of the molecule is Cc1cc(N)cnc1Nc1cccc(C)c1Cl. The summed E-state index contributed by atoms with van der Waals surface area (Å²) in [5.41, 5.74) is 9.19. The Kier molecular flexibility index (Phi) is 3.20. The number of pyridine rings is 1. The number of halogens is 1. The molecule has 0 radical (unpaired) electrons. The van der Waals surface area contributed by atoms with E-state index < -0.39 is 0 Å². The van der Waals surface area contributed by atoms with Crippen molar-refractivity contribution in [2.45, 2.75) is 13.8 Å². The third-order valence-electron chi connectivity index (χ3n) is 2.54. The van der Waals surface area contributed by atoms with Gasteiger partial charge in [0.15, 0.2) is 0 Å². The Balaban J connectivity index is 2.35. The van der Waals surface area contributed by atoms with Gasteiger partial charge in [0.1, 0.15) is 5.82 Å². The fourth-order valence-electron chi connectivity index (χ4n) is 1.60. The molecule has 0 saturated heterocycles. The van der Waals surface area contributed by atoms with E-state index in [1.165, 1.54) is 0 Å². The Morgan fingerprint density at radius 2 is 2.00 bits per heavy atom. The predicted molar refractivity (Wildman–Crippen MR) is 72.9 cm³/mol. The first-order chi connectivity index (χ1) is 8.08. The van der Waals surface area contributed by atoms with E-state index in [0.29, 0.717) is 10.7 Å². The predicted octanol–water partition coefficient (Wildman–Crippen LogP) is 3.68. The van der Waals surface area contributed by atoms with Crippen LogP contribution in [0.25, 0.3) is 0 Å². The van der Waals surface area contributed by atoms with Gasteiger partial charge in [0.05, 0.1) is 22.6 Å². The van der Waals surface area contributed by atoms with Crippen LogP contribution >= 0.6 is 11.6 Å². The molecular weight excluding hydrogens is 234 g/mol. The lowest BCUT2D eigenvalue weighted by molar-refractivity contribution is 1.26. The molecule has 88 valence electrons. The van der Waals surface area contributed by atoms with E-state index >= 15 is 0 Å². The maximum atomic E-state index is 6.21. The van der Waals surface area contributed by atoms with E-state index in [2.05, 4.69) is 10.3 Å². The lowest BCUT2D eigenvalue weighted by Crippen LogP contribution is -1.99. The van der Waals surface area contributed by atoms with Gasteiger partial charge in [0.2, 0.25) is 0 Å². The maximum Gasteiger partial charge on any atom is 0.133 e. The summed E-state index contributed by atoms with van der Waals surface area (Å²) in [7, 11) is 0. The summed E-state index contributed by atoms with van der Waals surface area (Å²) in [6, 6.07) is 7.72. The molecule has 4 heteroatoms. The number of aromatic nitrogens is 1.